The van der Waals surface area contributed by atoms with Gasteiger partial charge in [0.05, 0.1) is 11.2 Å². The molecule has 1 atom stereocenters. The fourth-order valence-corrected chi connectivity index (χ4v) is 4.89. The largest absolute Gasteiger partial charge is 0.321 e. The van der Waals surface area contributed by atoms with Gasteiger partial charge in [0.25, 0.3) is 0 Å². The van der Waals surface area contributed by atoms with Crippen LogP contribution in [-0.2, 0) is 4.79 Å². The number of amides is 1. The third-order valence-electron chi connectivity index (χ3n) is 5.35. The standard InChI is InChI=1S/C17H24N4OS/c1-17(2)6-4-3-5-13(17)16-19-9-14(23-16)21-15(22)11-7-12(8-11)20-10-18/h9,11-13,20H,3-8H2,1-2H3,(H,21,22)/t11-,12-,13-/m0/s1. The first-order valence-electron chi connectivity index (χ1n) is 8.41. The minimum Gasteiger partial charge on any atom is -0.321 e. The molecule has 2 N–H and O–H groups in total. The van der Waals surface area contributed by atoms with Crippen molar-refractivity contribution in [2.45, 2.75) is 64.3 Å². The summed E-state index contributed by atoms with van der Waals surface area (Å²) >= 11 is 1.62. The van der Waals surface area contributed by atoms with Gasteiger partial charge in [0.1, 0.15) is 5.00 Å². The van der Waals surface area contributed by atoms with Crippen LogP contribution in [0.15, 0.2) is 6.20 Å². The second kappa shape index (κ2) is 6.48. The van der Waals surface area contributed by atoms with Crippen molar-refractivity contribution in [3.05, 3.63) is 11.2 Å². The maximum Gasteiger partial charge on any atom is 0.228 e. The molecule has 0 unspecified atom stereocenters. The first-order valence-corrected chi connectivity index (χ1v) is 9.22. The van der Waals surface area contributed by atoms with Gasteiger partial charge in [-0.3, -0.25) is 4.79 Å². The van der Waals surface area contributed by atoms with Crippen molar-refractivity contribution in [3.8, 4) is 6.19 Å². The van der Waals surface area contributed by atoms with Crippen molar-refractivity contribution in [2.75, 3.05) is 5.32 Å². The Kier molecular flexibility index (Phi) is 4.58. The molecule has 1 amide bonds. The third kappa shape index (κ3) is 3.50. The van der Waals surface area contributed by atoms with E-state index < -0.39 is 0 Å². The predicted octanol–water partition coefficient (Wildman–Crippen LogP) is 3.61. The summed E-state index contributed by atoms with van der Waals surface area (Å²) in [5.74, 6) is 0.566. The molecule has 0 radical (unpaired) electrons. The van der Waals surface area contributed by atoms with Gasteiger partial charge in [0.2, 0.25) is 5.91 Å². The zero-order valence-corrected chi connectivity index (χ0v) is 14.6. The molecule has 5 nitrogen and oxygen atoms in total. The Bertz CT molecular complexity index is 612. The van der Waals surface area contributed by atoms with Crippen molar-refractivity contribution in [3.63, 3.8) is 0 Å². The highest BCUT2D eigenvalue weighted by molar-refractivity contribution is 7.15. The van der Waals surface area contributed by atoms with Crippen LogP contribution in [0, 0.1) is 22.8 Å². The fourth-order valence-electron chi connectivity index (χ4n) is 3.72. The van der Waals surface area contributed by atoms with Gasteiger partial charge in [0.15, 0.2) is 6.19 Å². The van der Waals surface area contributed by atoms with Crippen LogP contribution in [0.1, 0.15) is 63.3 Å². The summed E-state index contributed by atoms with van der Waals surface area (Å²) in [5.41, 5.74) is 0.293. The van der Waals surface area contributed by atoms with Crippen molar-refractivity contribution in [1.29, 1.82) is 5.26 Å². The molecule has 0 bridgehead atoms. The number of hydrogen-bond donors (Lipinski definition) is 2. The van der Waals surface area contributed by atoms with E-state index in [0.29, 0.717) is 11.3 Å². The number of nitriles is 1. The number of carbonyl (C=O) groups excluding carboxylic acids is 1. The second-order valence-electron chi connectivity index (χ2n) is 7.46. The Morgan fingerprint density at radius 3 is 2.91 bits per heavy atom. The van der Waals surface area contributed by atoms with Crippen LogP contribution in [0.5, 0.6) is 0 Å². The smallest absolute Gasteiger partial charge is 0.228 e. The summed E-state index contributed by atoms with van der Waals surface area (Å²) in [6.45, 7) is 4.65. The van der Waals surface area contributed by atoms with E-state index in [9.17, 15) is 4.79 Å². The average Bonchev–Trinajstić information content (AvgIpc) is 2.89. The Morgan fingerprint density at radius 1 is 1.43 bits per heavy atom. The summed E-state index contributed by atoms with van der Waals surface area (Å²) in [6, 6.07) is 0.163. The van der Waals surface area contributed by atoms with Crippen molar-refractivity contribution in [1.82, 2.24) is 10.3 Å². The van der Waals surface area contributed by atoms with E-state index >= 15 is 0 Å². The third-order valence-corrected chi connectivity index (χ3v) is 6.38. The van der Waals surface area contributed by atoms with Gasteiger partial charge in [-0.1, -0.05) is 26.7 Å². The van der Waals surface area contributed by atoms with Gasteiger partial charge in [-0.15, -0.1) is 11.3 Å². The van der Waals surface area contributed by atoms with Crippen molar-refractivity contribution < 1.29 is 4.79 Å². The normalized spacial score (nSPS) is 29.2. The monoisotopic (exact) mass is 332 g/mol. The predicted molar refractivity (Wildman–Crippen MR) is 91.0 cm³/mol. The Balaban J connectivity index is 1.58. The molecule has 2 aliphatic carbocycles. The lowest BCUT2D eigenvalue weighted by atomic mass is 9.69. The molecule has 0 saturated heterocycles. The molecule has 3 rings (SSSR count). The molecule has 1 heterocycles. The summed E-state index contributed by atoms with van der Waals surface area (Å²) in [5, 5.41) is 16.3. The number of nitrogens with zero attached hydrogens (tertiary/aromatic N) is 2. The van der Waals surface area contributed by atoms with Gasteiger partial charge in [-0.25, -0.2) is 4.98 Å². The molecule has 0 aromatic carbocycles. The molecule has 6 heteroatoms. The van der Waals surface area contributed by atoms with Crippen molar-refractivity contribution >= 4 is 22.2 Å². The van der Waals surface area contributed by atoms with E-state index in [1.165, 1.54) is 25.7 Å². The van der Waals surface area contributed by atoms with E-state index in [-0.39, 0.29) is 17.9 Å². The number of carbonyl (C=O) groups is 1. The summed E-state index contributed by atoms with van der Waals surface area (Å²) in [7, 11) is 0. The highest BCUT2D eigenvalue weighted by Crippen LogP contribution is 2.48. The van der Waals surface area contributed by atoms with Crippen LogP contribution in [-0.4, -0.2) is 16.9 Å². The fraction of sp³-hybridized carbons (Fsp3) is 0.706. The highest BCUT2D eigenvalue weighted by atomic mass is 32.1. The van der Waals surface area contributed by atoms with Crippen LogP contribution < -0.4 is 10.6 Å². The molecule has 1 aromatic heterocycles. The molecule has 1 aromatic rings. The van der Waals surface area contributed by atoms with Gasteiger partial charge in [-0.05, 0) is 31.1 Å². The SMILES string of the molecule is CC1(C)CCCC[C@H]1c1ncc(NC(=O)[C@H]2C[C@H](NC#N)C2)s1. The Labute approximate surface area is 141 Å². The summed E-state index contributed by atoms with van der Waals surface area (Å²) < 4.78 is 0. The molecule has 0 aliphatic heterocycles. The zero-order chi connectivity index (χ0) is 16.4. The minimum absolute atomic E-state index is 0.0116. The van der Waals surface area contributed by atoms with E-state index in [0.717, 1.165) is 22.9 Å². The average molecular weight is 332 g/mol. The second-order valence-corrected chi connectivity index (χ2v) is 8.52. The number of nitrogens with one attached hydrogen (secondary N) is 2. The van der Waals surface area contributed by atoms with Crippen LogP contribution in [0.2, 0.25) is 0 Å². The molecule has 2 fully saturated rings. The Morgan fingerprint density at radius 2 is 2.22 bits per heavy atom. The number of thiazole rings is 1. The molecule has 2 aliphatic rings. The van der Waals surface area contributed by atoms with E-state index in [1.807, 2.05) is 6.19 Å². The minimum atomic E-state index is 0.0116. The lowest BCUT2D eigenvalue weighted by Gasteiger charge is -2.37. The van der Waals surface area contributed by atoms with E-state index in [2.05, 4.69) is 29.5 Å². The number of hydrogen-bond acceptors (Lipinski definition) is 5. The lowest BCUT2D eigenvalue weighted by Crippen LogP contribution is -2.44. The summed E-state index contributed by atoms with van der Waals surface area (Å²) in [6.07, 6.45) is 10.2. The molecule has 2 saturated carbocycles. The molecular weight excluding hydrogens is 308 g/mol. The maximum atomic E-state index is 12.2. The van der Waals surface area contributed by atoms with Crippen LogP contribution in [0.25, 0.3) is 0 Å². The van der Waals surface area contributed by atoms with Gasteiger partial charge >= 0.3 is 0 Å². The molecule has 23 heavy (non-hydrogen) atoms. The topological polar surface area (TPSA) is 77.8 Å². The zero-order valence-electron chi connectivity index (χ0n) is 13.8. The van der Waals surface area contributed by atoms with Crippen molar-refractivity contribution in [2.24, 2.45) is 11.3 Å². The number of aromatic nitrogens is 1. The molecular formula is C17H24N4OS. The Hall–Kier alpha value is -1.61. The van der Waals surface area contributed by atoms with Gasteiger partial charge in [0, 0.05) is 17.9 Å². The van der Waals surface area contributed by atoms with E-state index in [1.54, 1.807) is 17.5 Å². The molecule has 0 spiro atoms. The number of rotatable bonds is 4. The first-order chi connectivity index (χ1) is 11.0. The quantitative estimate of drug-likeness (QED) is 0.652. The highest BCUT2D eigenvalue weighted by Gasteiger charge is 2.36. The number of anilines is 1. The summed E-state index contributed by atoms with van der Waals surface area (Å²) in [4.78, 5) is 16.8. The van der Waals surface area contributed by atoms with Gasteiger partial charge in [-0.2, -0.15) is 5.26 Å². The first kappa shape index (κ1) is 16.3. The maximum absolute atomic E-state index is 12.2. The van der Waals surface area contributed by atoms with E-state index in [4.69, 9.17) is 5.26 Å². The lowest BCUT2D eigenvalue weighted by molar-refractivity contribution is -0.122. The van der Waals surface area contributed by atoms with Gasteiger partial charge < -0.3 is 10.6 Å². The van der Waals surface area contributed by atoms with Crippen LogP contribution >= 0.6 is 11.3 Å². The van der Waals surface area contributed by atoms with Crippen LogP contribution in [0.4, 0.5) is 5.00 Å². The van der Waals surface area contributed by atoms with Crippen LogP contribution in [0.3, 0.4) is 0 Å². The molecule has 124 valence electrons.